The van der Waals surface area contributed by atoms with Gasteiger partial charge >= 0.3 is 5.97 Å². The molecule has 0 aromatic heterocycles. The van der Waals surface area contributed by atoms with Crippen molar-refractivity contribution in [2.45, 2.75) is 33.3 Å². The Morgan fingerprint density at radius 3 is 2.63 bits per heavy atom. The van der Waals surface area contributed by atoms with Crippen molar-refractivity contribution >= 4 is 5.97 Å². The SMILES string of the molecule is COC1=C2Oc3ccc(C(O)CC(C)C)c(OC)c3C(=O)OCC2C(=CN)C(C)=C1. The third-order valence-corrected chi connectivity index (χ3v) is 5.35. The van der Waals surface area contributed by atoms with Crippen LogP contribution in [0.1, 0.15) is 49.2 Å². The third kappa shape index (κ3) is 3.89. The largest absolute Gasteiger partial charge is 0.495 e. The number of benzene rings is 1. The van der Waals surface area contributed by atoms with E-state index in [1.807, 2.05) is 26.8 Å². The molecule has 0 bridgehead atoms. The molecule has 0 amide bonds. The minimum atomic E-state index is -0.781. The van der Waals surface area contributed by atoms with Crippen LogP contribution in [-0.4, -0.2) is 31.9 Å². The lowest BCUT2D eigenvalue weighted by Crippen LogP contribution is -2.29. The highest BCUT2D eigenvalue weighted by Gasteiger charge is 2.36. The molecule has 1 heterocycles. The van der Waals surface area contributed by atoms with Crippen molar-refractivity contribution in [3.63, 3.8) is 0 Å². The number of methoxy groups -OCH3 is 2. The van der Waals surface area contributed by atoms with Gasteiger partial charge in [-0.1, -0.05) is 13.8 Å². The maximum absolute atomic E-state index is 13.0. The van der Waals surface area contributed by atoms with E-state index in [0.717, 1.165) is 11.1 Å². The summed E-state index contributed by atoms with van der Waals surface area (Å²) in [6.07, 6.45) is 3.08. The molecule has 7 heteroatoms. The molecule has 3 rings (SSSR count). The van der Waals surface area contributed by atoms with Crippen molar-refractivity contribution in [3.05, 3.63) is 58.2 Å². The zero-order chi connectivity index (χ0) is 22.0. The van der Waals surface area contributed by atoms with Crippen molar-refractivity contribution in [1.82, 2.24) is 0 Å². The molecule has 1 aromatic carbocycles. The van der Waals surface area contributed by atoms with E-state index in [9.17, 15) is 9.90 Å². The van der Waals surface area contributed by atoms with E-state index in [2.05, 4.69) is 0 Å². The number of ether oxygens (including phenoxy) is 4. The molecule has 7 nitrogen and oxygen atoms in total. The highest BCUT2D eigenvalue weighted by molar-refractivity contribution is 5.96. The van der Waals surface area contributed by atoms with Crippen LogP contribution in [0, 0.1) is 11.8 Å². The Labute approximate surface area is 176 Å². The molecule has 0 radical (unpaired) electrons. The number of hydrogen-bond donors (Lipinski definition) is 2. The van der Waals surface area contributed by atoms with E-state index in [4.69, 9.17) is 24.7 Å². The summed E-state index contributed by atoms with van der Waals surface area (Å²) in [5.74, 6) is 0.868. The zero-order valence-electron chi connectivity index (χ0n) is 18.0. The molecule has 0 spiro atoms. The molecule has 1 aliphatic heterocycles. The van der Waals surface area contributed by atoms with Crippen molar-refractivity contribution in [2.75, 3.05) is 20.8 Å². The van der Waals surface area contributed by atoms with E-state index < -0.39 is 12.1 Å². The van der Waals surface area contributed by atoms with Crippen molar-refractivity contribution < 1.29 is 28.8 Å². The summed E-state index contributed by atoms with van der Waals surface area (Å²) in [5.41, 5.74) is 8.21. The molecular formula is C23H29NO6. The van der Waals surface area contributed by atoms with Crippen LogP contribution in [0.15, 0.2) is 47.1 Å². The van der Waals surface area contributed by atoms with Gasteiger partial charge in [-0.05, 0) is 54.8 Å². The van der Waals surface area contributed by atoms with Gasteiger partial charge in [-0.2, -0.15) is 0 Å². The molecule has 0 saturated carbocycles. The minimum absolute atomic E-state index is 0.0383. The van der Waals surface area contributed by atoms with Gasteiger partial charge in [0.15, 0.2) is 11.5 Å². The number of fused-ring (bicyclic) bond motifs is 2. The first-order valence-electron chi connectivity index (χ1n) is 9.94. The van der Waals surface area contributed by atoms with Crippen LogP contribution in [0.5, 0.6) is 11.5 Å². The van der Waals surface area contributed by atoms with Crippen LogP contribution in [0.2, 0.25) is 0 Å². The first-order valence-corrected chi connectivity index (χ1v) is 9.94. The molecule has 1 aliphatic carbocycles. The maximum Gasteiger partial charge on any atom is 0.345 e. The number of aliphatic hydroxyl groups excluding tert-OH is 1. The smallest absolute Gasteiger partial charge is 0.345 e. The van der Waals surface area contributed by atoms with Gasteiger partial charge in [-0.25, -0.2) is 4.79 Å². The zero-order valence-corrected chi connectivity index (χ0v) is 18.0. The van der Waals surface area contributed by atoms with Gasteiger partial charge in [0.05, 0.1) is 26.2 Å². The fourth-order valence-electron chi connectivity index (χ4n) is 3.90. The molecule has 0 fully saturated rings. The summed E-state index contributed by atoms with van der Waals surface area (Å²) < 4.78 is 22.9. The van der Waals surface area contributed by atoms with Crippen LogP contribution in [0.25, 0.3) is 0 Å². The van der Waals surface area contributed by atoms with E-state index >= 15 is 0 Å². The van der Waals surface area contributed by atoms with Gasteiger partial charge in [0.2, 0.25) is 0 Å². The van der Waals surface area contributed by atoms with Crippen molar-refractivity contribution in [2.24, 2.45) is 17.6 Å². The van der Waals surface area contributed by atoms with E-state index in [1.165, 1.54) is 13.3 Å². The fourth-order valence-corrected chi connectivity index (χ4v) is 3.90. The number of allylic oxidation sites excluding steroid dienone is 2. The third-order valence-electron chi connectivity index (χ3n) is 5.35. The molecule has 30 heavy (non-hydrogen) atoms. The molecule has 1 aromatic rings. The Balaban J connectivity index is 2.15. The number of carbonyl (C=O) groups is 1. The maximum atomic E-state index is 13.0. The Hall–Kier alpha value is -2.93. The molecule has 2 atom stereocenters. The number of aliphatic hydroxyl groups is 1. The predicted molar refractivity (Wildman–Crippen MR) is 112 cm³/mol. The normalized spacial score (nSPS) is 21.0. The average Bonchev–Trinajstić information content (AvgIpc) is 2.70. The molecular weight excluding hydrogens is 386 g/mol. The predicted octanol–water partition coefficient (Wildman–Crippen LogP) is 3.60. The summed E-state index contributed by atoms with van der Waals surface area (Å²) in [5, 5.41) is 10.6. The number of nitrogens with two attached hydrogens (primary N) is 1. The van der Waals surface area contributed by atoms with E-state index in [0.29, 0.717) is 23.5 Å². The van der Waals surface area contributed by atoms with Gasteiger partial charge in [0.25, 0.3) is 0 Å². The van der Waals surface area contributed by atoms with Gasteiger partial charge in [-0.3, -0.25) is 0 Å². The van der Waals surface area contributed by atoms with Crippen LogP contribution in [0.3, 0.4) is 0 Å². The number of hydrogen-bond acceptors (Lipinski definition) is 7. The second kappa shape index (κ2) is 8.83. The Bertz CT molecular complexity index is 928. The first-order chi connectivity index (χ1) is 14.3. The quantitative estimate of drug-likeness (QED) is 0.709. The summed E-state index contributed by atoms with van der Waals surface area (Å²) in [7, 11) is 3.01. The van der Waals surface area contributed by atoms with Gasteiger partial charge in [0, 0.05) is 5.56 Å². The molecule has 3 N–H and O–H groups in total. The Morgan fingerprint density at radius 1 is 1.30 bits per heavy atom. The standard InChI is InChI=1S/C23H29NO6/c1-12(2)8-17(25)14-6-7-18-20(22(14)28-5)23(26)29-11-16-15(10-24)13(3)9-19(27-4)21(16)30-18/h6-7,9-10,12,16-17,25H,8,11,24H2,1-5H3. The molecule has 2 aliphatic rings. The summed E-state index contributed by atoms with van der Waals surface area (Å²) in [6, 6.07) is 3.36. The highest BCUT2D eigenvalue weighted by atomic mass is 16.6. The van der Waals surface area contributed by atoms with Gasteiger partial charge in [-0.15, -0.1) is 0 Å². The van der Waals surface area contributed by atoms with Crippen LogP contribution in [0.4, 0.5) is 0 Å². The topological polar surface area (TPSA) is 100 Å². The van der Waals surface area contributed by atoms with Crippen molar-refractivity contribution in [3.8, 4) is 11.5 Å². The lowest BCUT2D eigenvalue weighted by Gasteiger charge is -2.31. The van der Waals surface area contributed by atoms with Crippen LogP contribution < -0.4 is 15.2 Å². The number of rotatable bonds is 5. The number of esters is 1. The summed E-state index contributed by atoms with van der Waals surface area (Å²) in [6.45, 7) is 5.98. The monoisotopic (exact) mass is 415 g/mol. The summed E-state index contributed by atoms with van der Waals surface area (Å²) >= 11 is 0. The number of cyclic esters (lactones) is 1. The van der Waals surface area contributed by atoms with Crippen LogP contribution in [-0.2, 0) is 9.47 Å². The van der Waals surface area contributed by atoms with Crippen LogP contribution >= 0.6 is 0 Å². The summed E-state index contributed by atoms with van der Waals surface area (Å²) in [4.78, 5) is 13.0. The average molecular weight is 415 g/mol. The van der Waals surface area contributed by atoms with E-state index in [1.54, 1.807) is 19.2 Å². The van der Waals surface area contributed by atoms with E-state index in [-0.39, 0.29) is 35.5 Å². The van der Waals surface area contributed by atoms with Gasteiger partial charge in [0.1, 0.15) is 23.7 Å². The van der Waals surface area contributed by atoms with Gasteiger partial charge < -0.3 is 29.8 Å². The van der Waals surface area contributed by atoms with Crippen molar-refractivity contribution in [1.29, 1.82) is 0 Å². The number of carbonyl (C=O) groups excluding carboxylic acids is 1. The Morgan fingerprint density at radius 2 is 2.03 bits per heavy atom. The second-order valence-electron chi connectivity index (χ2n) is 7.84. The minimum Gasteiger partial charge on any atom is -0.495 e. The molecule has 0 saturated heterocycles. The molecule has 162 valence electrons. The second-order valence-corrected chi connectivity index (χ2v) is 7.84. The lowest BCUT2D eigenvalue weighted by molar-refractivity contribution is 0.0422. The lowest BCUT2D eigenvalue weighted by atomic mass is 9.87. The fraction of sp³-hybridized carbons (Fsp3) is 0.435. The highest BCUT2D eigenvalue weighted by Crippen LogP contribution is 2.43. The first kappa shape index (κ1) is 21.8. The Kier molecular flexibility index (Phi) is 6.41. The molecule has 2 unspecified atom stereocenters.